The first kappa shape index (κ1) is 72.0. The highest BCUT2D eigenvalue weighted by Crippen LogP contribution is 2.55. The van der Waals surface area contributed by atoms with Crippen molar-refractivity contribution in [2.24, 2.45) is 47.2 Å². The fraction of sp³-hybridized carbons (Fsp3) is 0.800. The minimum Gasteiger partial charge on any atom is -0.396 e. The van der Waals surface area contributed by atoms with Gasteiger partial charge in [0.05, 0.1) is 108 Å². The first-order valence-electron chi connectivity index (χ1n) is 36.6. The lowest BCUT2D eigenvalue weighted by Crippen LogP contribution is -2.61. The number of aliphatic hydroxyl groups excluding tert-OH is 4. The lowest BCUT2D eigenvalue weighted by Gasteiger charge is -2.47. The van der Waals surface area contributed by atoms with Gasteiger partial charge in [-0.3, -0.25) is 4.79 Å². The summed E-state index contributed by atoms with van der Waals surface area (Å²) in [5, 5.41) is 40.9. The normalized spacial score (nSPS) is 44.1. The molecule has 13 aliphatic heterocycles. The van der Waals surface area contributed by atoms with E-state index in [9.17, 15) is 28.5 Å². The second-order valence-corrected chi connectivity index (χ2v) is 32.9. The summed E-state index contributed by atoms with van der Waals surface area (Å²) >= 11 is 0. The van der Waals surface area contributed by atoms with Gasteiger partial charge in [-0.05, 0) is 148 Å². The van der Waals surface area contributed by atoms with Crippen LogP contribution in [-0.2, 0) is 66.7 Å². The van der Waals surface area contributed by atoms with Crippen LogP contribution in [0.5, 0.6) is 0 Å². The number of Topliss-reactive ketones (excluding diaryl/α,β-unsaturated/α-hetero) is 1. The molecule has 13 aliphatic rings. The Labute approximate surface area is 564 Å². The smallest absolute Gasteiger partial charge is 0.178 e. The predicted octanol–water partition coefficient (Wildman–Crippen LogP) is 8.93. The third-order valence-corrected chi connectivity index (χ3v) is 26.1. The zero-order valence-electron chi connectivity index (χ0n) is 57.0. The molecule has 20 heteroatoms. The molecule has 1 aromatic carbocycles. The standard InChI is InChI=1S/C40H59NO11.C35H54O7S/c1-19-10-24-4-6-29-20(2)11-26(45-29)8-9-40-16-34-36(51-40)37-38(50-34)39(52-40)35-30(49-37)7-5-25(47-35)12-22(43)13-27-28(18-42)32(14-23(44)17-41)48-33(27)15-31(46-24)21(19)3;1-6-23(2)17-34-30(21-37)31(22-43(38,39)29-12-8-7-9-13-29)35(42-34)20-33-26(5)24(3)18-28(41-33)14-15-32-25(4)19-27(40-32)11-10-16-36/h19,23-39,42,44H,2-18,41H2,1H3;7-9,12-13,23-24,27-28,30-37H,4-6,10-11,14-22H2,1-3H3/t19-,23+,24+,25?,26+,27-,28-,29?,30+,31?,32-,33+,34-,35+,36+,37+,38-,39+,40?;23-,24-,27+,28+,30-,31-,32?,33?,34-,35+/m11/s1. The van der Waals surface area contributed by atoms with E-state index in [1.165, 1.54) is 0 Å². The minimum absolute atomic E-state index is 0.0172. The van der Waals surface area contributed by atoms with Crippen LogP contribution in [0.4, 0.5) is 0 Å². The molecule has 19 nitrogen and oxygen atoms in total. The zero-order chi connectivity index (χ0) is 67.0. The summed E-state index contributed by atoms with van der Waals surface area (Å²) in [6.45, 7) is 26.3. The summed E-state index contributed by atoms with van der Waals surface area (Å²) in [4.78, 5) is 14.3. The van der Waals surface area contributed by atoms with E-state index < -0.39 is 27.8 Å². The van der Waals surface area contributed by atoms with Crippen LogP contribution in [0.25, 0.3) is 0 Å². The first-order chi connectivity index (χ1) is 45.7. The van der Waals surface area contributed by atoms with Crippen LogP contribution in [0.2, 0.25) is 0 Å². The number of hydrogen-bond acceptors (Lipinski definition) is 19. The highest BCUT2D eigenvalue weighted by Gasteiger charge is 2.69. The molecular formula is C75H113NO18S. The van der Waals surface area contributed by atoms with Crippen LogP contribution in [0, 0.1) is 41.4 Å². The molecule has 13 saturated heterocycles. The molecule has 95 heavy (non-hydrogen) atoms. The minimum atomic E-state index is -3.58. The molecule has 29 atom stereocenters. The molecule has 0 aromatic heterocycles. The highest BCUT2D eigenvalue weighted by atomic mass is 32.2. The van der Waals surface area contributed by atoms with Gasteiger partial charge in [-0.15, -0.1) is 0 Å². The summed E-state index contributed by atoms with van der Waals surface area (Å²) in [5.74, 6) is -1.02. The molecule has 12 bridgehead atoms. The molecule has 1 aromatic rings. The Morgan fingerprint density at radius 1 is 0.621 bits per heavy atom. The Balaban J connectivity index is 0.000000186. The third kappa shape index (κ3) is 16.1. The van der Waals surface area contributed by atoms with Gasteiger partial charge < -0.3 is 78.3 Å². The maximum atomic E-state index is 14.0. The van der Waals surface area contributed by atoms with Crippen molar-refractivity contribution in [3.05, 3.63) is 78.9 Å². The number of carbonyl (C=O) groups is 1. The van der Waals surface area contributed by atoms with Crippen molar-refractivity contribution >= 4 is 15.6 Å². The van der Waals surface area contributed by atoms with Crippen LogP contribution in [0.1, 0.15) is 169 Å². The van der Waals surface area contributed by atoms with Gasteiger partial charge in [-0.25, -0.2) is 8.42 Å². The number of nitrogens with two attached hydrogens (primary N) is 1. The van der Waals surface area contributed by atoms with E-state index in [1.807, 2.05) is 6.07 Å². The summed E-state index contributed by atoms with van der Waals surface area (Å²) in [7, 11) is -3.58. The molecule has 6 N–H and O–H groups in total. The number of ketones is 1. The van der Waals surface area contributed by atoms with Crippen molar-refractivity contribution in [1.29, 1.82) is 0 Å². The Morgan fingerprint density at radius 2 is 1.33 bits per heavy atom. The van der Waals surface area contributed by atoms with Gasteiger partial charge in [0, 0.05) is 89.1 Å². The number of ether oxygens (including phenoxy) is 11. The molecule has 14 rings (SSSR count). The predicted molar refractivity (Wildman–Crippen MR) is 356 cm³/mol. The Hall–Kier alpha value is -2.84. The summed E-state index contributed by atoms with van der Waals surface area (Å²) < 4.78 is 100. The summed E-state index contributed by atoms with van der Waals surface area (Å²) in [5.41, 5.74) is 10.1. The first-order valence-corrected chi connectivity index (χ1v) is 38.3. The second-order valence-electron chi connectivity index (χ2n) is 30.9. The van der Waals surface area contributed by atoms with Gasteiger partial charge in [-0.2, -0.15) is 0 Å². The van der Waals surface area contributed by atoms with Gasteiger partial charge in [-0.1, -0.05) is 78.6 Å². The maximum absolute atomic E-state index is 14.0. The largest absolute Gasteiger partial charge is 0.396 e. The zero-order valence-corrected chi connectivity index (χ0v) is 57.8. The van der Waals surface area contributed by atoms with Crippen molar-refractivity contribution < 1.29 is 85.7 Å². The SMILES string of the molecule is C=C1C[C@@H]2CCC34C[C@H]5O[C@H]6[C@@H](O3)[C@H]3OC(CC[C@@H]3O[C@H]6[C@H]5O4)CC(=O)C[C@@H]3[C@@H](CO)[C@@H](C[C@H](O)CN)O[C@H]3CC3O[C@@H](CCC1O2)C[C@@H](C)C3=C.C=C1C[C@H](CCCO)OC1CC[C@H]1C[C@@H](C)C(=C)C(C[C@@H]2O[C@H](C[C@H](C)CC)[C@H](CO)[C@H]2CS(=O)(=O)c2ccccc2)O1. The fourth-order valence-corrected chi connectivity index (χ4v) is 20.3. The molecule has 13 fully saturated rings. The van der Waals surface area contributed by atoms with E-state index >= 15 is 0 Å². The molecule has 1 spiro atoms. The van der Waals surface area contributed by atoms with E-state index in [1.54, 1.807) is 24.3 Å². The van der Waals surface area contributed by atoms with E-state index in [4.69, 9.17) is 62.9 Å². The highest BCUT2D eigenvalue weighted by molar-refractivity contribution is 7.91. The number of sulfone groups is 1. The number of fused-ring (bicyclic) bond motifs is 6. The average molecular weight is 1350 g/mol. The number of rotatable bonds is 19. The van der Waals surface area contributed by atoms with E-state index in [-0.39, 0.29) is 202 Å². The fourth-order valence-electron chi connectivity index (χ4n) is 18.6. The maximum Gasteiger partial charge on any atom is 0.178 e. The Kier molecular flexibility index (Phi) is 23.6. The van der Waals surface area contributed by atoms with Crippen LogP contribution in [0.15, 0.2) is 83.8 Å². The molecule has 6 unspecified atom stereocenters. The number of benzene rings is 1. The van der Waals surface area contributed by atoms with Gasteiger partial charge >= 0.3 is 0 Å². The van der Waals surface area contributed by atoms with Crippen molar-refractivity contribution in [3.8, 4) is 0 Å². The molecule has 0 aliphatic carbocycles. The molecule has 13 heterocycles. The van der Waals surface area contributed by atoms with E-state index in [0.717, 1.165) is 112 Å². The monoisotopic (exact) mass is 1350 g/mol. The van der Waals surface area contributed by atoms with Crippen molar-refractivity contribution in [2.45, 2.75) is 308 Å². The molecule has 532 valence electrons. The van der Waals surface area contributed by atoms with Crippen molar-refractivity contribution in [3.63, 3.8) is 0 Å². The molecule has 0 saturated carbocycles. The number of hydrogen-bond donors (Lipinski definition) is 5. The summed E-state index contributed by atoms with van der Waals surface area (Å²) in [6.07, 6.45) is 11.4. The lowest BCUT2D eigenvalue weighted by atomic mass is 9.78. The van der Waals surface area contributed by atoms with E-state index in [0.29, 0.717) is 49.3 Å². The van der Waals surface area contributed by atoms with Gasteiger partial charge in [0.25, 0.3) is 0 Å². The molecule has 0 amide bonds. The second kappa shape index (κ2) is 31.2. The molecule has 0 radical (unpaired) electrons. The van der Waals surface area contributed by atoms with Gasteiger partial charge in [0.2, 0.25) is 0 Å². The van der Waals surface area contributed by atoms with Gasteiger partial charge in [0.15, 0.2) is 15.6 Å². The van der Waals surface area contributed by atoms with Crippen molar-refractivity contribution in [1.82, 2.24) is 0 Å². The number of carbonyl (C=O) groups excluding carboxylic acids is 1. The average Bonchev–Trinajstić information content (AvgIpc) is 1.55. The summed E-state index contributed by atoms with van der Waals surface area (Å²) in [6, 6.07) is 8.58. The van der Waals surface area contributed by atoms with Crippen LogP contribution in [-0.4, -0.2) is 201 Å². The Bertz CT molecular complexity index is 2920. The lowest BCUT2D eigenvalue weighted by molar-refractivity contribution is -0.292. The Morgan fingerprint density at radius 3 is 2.08 bits per heavy atom. The third-order valence-electron chi connectivity index (χ3n) is 24.3. The molecular weight excluding hydrogens is 1230 g/mol. The van der Waals surface area contributed by atoms with Crippen LogP contribution >= 0.6 is 0 Å². The van der Waals surface area contributed by atoms with Crippen molar-refractivity contribution in [2.75, 3.05) is 32.1 Å². The van der Waals surface area contributed by atoms with Gasteiger partial charge in [0.1, 0.15) is 36.3 Å². The topological polar surface area (TPSA) is 260 Å². The number of aliphatic hydroxyl groups is 4. The quantitative estimate of drug-likeness (QED) is 0.0810. The van der Waals surface area contributed by atoms with Crippen LogP contribution < -0.4 is 5.73 Å². The van der Waals surface area contributed by atoms with E-state index in [2.05, 4.69) is 54.0 Å². The van der Waals surface area contributed by atoms with Crippen LogP contribution in [0.3, 0.4) is 0 Å².